The van der Waals surface area contributed by atoms with Gasteiger partial charge in [0.15, 0.2) is 0 Å². The van der Waals surface area contributed by atoms with Crippen LogP contribution in [0.5, 0.6) is 0 Å². The van der Waals surface area contributed by atoms with Crippen molar-refractivity contribution in [3.05, 3.63) is 53.7 Å². The number of pyridine rings is 1. The van der Waals surface area contributed by atoms with Crippen molar-refractivity contribution in [3.8, 4) is 11.3 Å². The van der Waals surface area contributed by atoms with Crippen LogP contribution in [0.3, 0.4) is 0 Å². The summed E-state index contributed by atoms with van der Waals surface area (Å²) < 4.78 is 0. The van der Waals surface area contributed by atoms with Crippen molar-refractivity contribution in [2.24, 2.45) is 11.8 Å². The third-order valence-corrected chi connectivity index (χ3v) is 7.67. The molecule has 1 aliphatic rings. The number of hydrogen-bond donors (Lipinski definition) is 0. The molecule has 1 heterocycles. The largest absolute Gasteiger partial charge is 0.256 e. The summed E-state index contributed by atoms with van der Waals surface area (Å²) in [5.74, 6) is 1.96. The molecule has 0 saturated heterocycles. The Labute approximate surface area is 198 Å². The Hall–Kier alpha value is -1.63. The fraction of sp³-hybridized carbons (Fsp3) is 0.645. The Morgan fingerprint density at radius 1 is 0.625 bits per heavy atom. The summed E-state index contributed by atoms with van der Waals surface area (Å²) in [5, 5.41) is 0. The first kappa shape index (κ1) is 25.0. The Morgan fingerprint density at radius 3 is 1.91 bits per heavy atom. The standard InChI is InChI=1S/C31H47N/c1-3-5-7-8-9-10-12-27-13-15-28(16-14-27)17-18-29-21-24-31(32-25-29)30-22-19-26(20-23-30)11-6-4-2/h19-25,27-28H,3-18H2,1-2H3. The van der Waals surface area contributed by atoms with Gasteiger partial charge in [0.2, 0.25) is 0 Å². The number of benzene rings is 1. The molecule has 0 atom stereocenters. The number of aromatic nitrogens is 1. The predicted octanol–water partition coefficient (Wildman–Crippen LogP) is 9.58. The molecular weight excluding hydrogens is 386 g/mol. The zero-order chi connectivity index (χ0) is 22.4. The molecule has 32 heavy (non-hydrogen) atoms. The van der Waals surface area contributed by atoms with Crippen molar-refractivity contribution < 1.29 is 0 Å². The van der Waals surface area contributed by atoms with E-state index in [1.165, 1.54) is 119 Å². The maximum absolute atomic E-state index is 4.78. The highest BCUT2D eigenvalue weighted by Crippen LogP contribution is 2.34. The fourth-order valence-corrected chi connectivity index (χ4v) is 5.36. The molecule has 0 aliphatic heterocycles. The highest BCUT2D eigenvalue weighted by atomic mass is 14.7. The van der Waals surface area contributed by atoms with Crippen molar-refractivity contribution in [3.63, 3.8) is 0 Å². The van der Waals surface area contributed by atoms with Crippen molar-refractivity contribution in [1.82, 2.24) is 4.98 Å². The summed E-state index contributed by atoms with van der Waals surface area (Å²) in [7, 11) is 0. The van der Waals surface area contributed by atoms with Crippen LogP contribution in [0.1, 0.15) is 115 Å². The summed E-state index contributed by atoms with van der Waals surface area (Å²) in [6.45, 7) is 4.56. The summed E-state index contributed by atoms with van der Waals surface area (Å²) in [6, 6.07) is 13.5. The van der Waals surface area contributed by atoms with Gasteiger partial charge in [0.25, 0.3) is 0 Å². The van der Waals surface area contributed by atoms with Crippen LogP contribution >= 0.6 is 0 Å². The van der Waals surface area contributed by atoms with E-state index in [4.69, 9.17) is 4.98 Å². The molecule has 1 heteroatoms. The highest BCUT2D eigenvalue weighted by Gasteiger charge is 2.20. The SMILES string of the molecule is CCCCCCCCC1CCC(CCc2ccc(-c3ccc(CCCC)cc3)nc2)CC1. The number of hydrogen-bond acceptors (Lipinski definition) is 1. The molecule has 0 spiro atoms. The van der Waals surface area contributed by atoms with E-state index in [2.05, 4.69) is 56.4 Å². The van der Waals surface area contributed by atoms with Gasteiger partial charge in [0.1, 0.15) is 0 Å². The minimum Gasteiger partial charge on any atom is -0.256 e. The minimum atomic E-state index is 0.936. The van der Waals surface area contributed by atoms with Crippen molar-refractivity contribution >= 4 is 0 Å². The van der Waals surface area contributed by atoms with Gasteiger partial charge in [-0.25, -0.2) is 0 Å². The monoisotopic (exact) mass is 433 g/mol. The van der Waals surface area contributed by atoms with E-state index >= 15 is 0 Å². The van der Waals surface area contributed by atoms with Crippen LogP contribution in [0.4, 0.5) is 0 Å². The van der Waals surface area contributed by atoms with Crippen LogP contribution in [-0.2, 0) is 12.8 Å². The van der Waals surface area contributed by atoms with E-state index in [0.29, 0.717) is 0 Å². The summed E-state index contributed by atoms with van der Waals surface area (Å²) in [5.41, 5.74) is 5.18. The Kier molecular flexibility index (Phi) is 11.3. The van der Waals surface area contributed by atoms with E-state index in [-0.39, 0.29) is 0 Å². The second-order valence-corrected chi connectivity index (χ2v) is 10.3. The van der Waals surface area contributed by atoms with Crippen molar-refractivity contribution in [1.29, 1.82) is 0 Å². The van der Waals surface area contributed by atoms with Gasteiger partial charge in [-0.1, -0.05) is 121 Å². The molecule has 176 valence electrons. The van der Waals surface area contributed by atoms with Crippen LogP contribution in [0, 0.1) is 11.8 Å². The lowest BCUT2D eigenvalue weighted by atomic mass is 9.78. The van der Waals surface area contributed by atoms with Gasteiger partial charge in [0, 0.05) is 11.8 Å². The third-order valence-electron chi connectivity index (χ3n) is 7.67. The number of aryl methyl sites for hydroxylation is 2. The zero-order valence-electron chi connectivity index (χ0n) is 21.0. The topological polar surface area (TPSA) is 12.9 Å². The molecule has 1 nitrogen and oxygen atoms in total. The third kappa shape index (κ3) is 8.72. The van der Waals surface area contributed by atoms with Crippen LogP contribution in [-0.4, -0.2) is 4.98 Å². The number of nitrogens with zero attached hydrogens (tertiary/aromatic N) is 1. The molecule has 1 aliphatic carbocycles. The number of rotatable bonds is 14. The molecule has 1 aromatic heterocycles. The molecule has 1 saturated carbocycles. The lowest BCUT2D eigenvalue weighted by Crippen LogP contribution is -2.15. The summed E-state index contributed by atoms with van der Waals surface area (Å²) >= 11 is 0. The number of unbranched alkanes of at least 4 members (excludes halogenated alkanes) is 6. The molecule has 0 bridgehead atoms. The average molecular weight is 434 g/mol. The maximum atomic E-state index is 4.78. The molecule has 1 fully saturated rings. The van der Waals surface area contributed by atoms with Gasteiger partial charge < -0.3 is 0 Å². The van der Waals surface area contributed by atoms with Crippen LogP contribution in [0.15, 0.2) is 42.6 Å². The zero-order valence-corrected chi connectivity index (χ0v) is 21.0. The molecular formula is C31H47N. The van der Waals surface area contributed by atoms with Gasteiger partial charge in [-0.2, -0.15) is 0 Å². The van der Waals surface area contributed by atoms with Gasteiger partial charge in [-0.15, -0.1) is 0 Å². The Morgan fingerprint density at radius 2 is 1.25 bits per heavy atom. The molecule has 2 aromatic rings. The van der Waals surface area contributed by atoms with Crippen molar-refractivity contribution in [2.45, 2.75) is 117 Å². The highest BCUT2D eigenvalue weighted by molar-refractivity contribution is 5.59. The van der Waals surface area contributed by atoms with E-state index in [1.807, 2.05) is 0 Å². The van der Waals surface area contributed by atoms with Crippen LogP contribution in [0.25, 0.3) is 11.3 Å². The van der Waals surface area contributed by atoms with Crippen molar-refractivity contribution in [2.75, 3.05) is 0 Å². The first-order chi connectivity index (χ1) is 15.8. The average Bonchev–Trinajstić information content (AvgIpc) is 2.85. The molecule has 0 amide bonds. The Bertz CT molecular complexity index is 722. The van der Waals surface area contributed by atoms with Crippen LogP contribution in [0.2, 0.25) is 0 Å². The molecule has 0 unspecified atom stereocenters. The smallest absolute Gasteiger partial charge is 0.0702 e. The first-order valence-corrected chi connectivity index (χ1v) is 13.8. The quantitative estimate of drug-likeness (QED) is 0.270. The summed E-state index contributed by atoms with van der Waals surface area (Å²) in [6.07, 6.45) is 24.3. The minimum absolute atomic E-state index is 0.936. The van der Waals surface area contributed by atoms with Gasteiger partial charge in [-0.3, -0.25) is 4.98 Å². The maximum Gasteiger partial charge on any atom is 0.0702 e. The lowest BCUT2D eigenvalue weighted by Gasteiger charge is -2.28. The van der Waals surface area contributed by atoms with E-state index in [1.54, 1.807) is 0 Å². The van der Waals surface area contributed by atoms with E-state index < -0.39 is 0 Å². The van der Waals surface area contributed by atoms with Gasteiger partial charge in [0.05, 0.1) is 5.69 Å². The second kappa shape index (κ2) is 14.5. The van der Waals surface area contributed by atoms with Gasteiger partial charge in [-0.05, 0) is 54.7 Å². The molecule has 0 N–H and O–H groups in total. The van der Waals surface area contributed by atoms with Crippen LogP contribution < -0.4 is 0 Å². The lowest BCUT2D eigenvalue weighted by molar-refractivity contribution is 0.248. The molecule has 0 radical (unpaired) electrons. The van der Waals surface area contributed by atoms with Gasteiger partial charge >= 0.3 is 0 Å². The normalized spacial score (nSPS) is 18.7. The molecule has 3 rings (SSSR count). The van der Waals surface area contributed by atoms with E-state index in [9.17, 15) is 0 Å². The fourth-order valence-electron chi connectivity index (χ4n) is 5.36. The Balaban J connectivity index is 1.33. The summed E-state index contributed by atoms with van der Waals surface area (Å²) in [4.78, 5) is 4.78. The molecule has 1 aromatic carbocycles. The predicted molar refractivity (Wildman–Crippen MR) is 140 cm³/mol. The second-order valence-electron chi connectivity index (χ2n) is 10.3. The first-order valence-electron chi connectivity index (χ1n) is 13.8. The van der Waals surface area contributed by atoms with E-state index in [0.717, 1.165) is 17.5 Å².